The van der Waals surface area contributed by atoms with Gasteiger partial charge >= 0.3 is 6.01 Å². The number of aromatic nitrogens is 2. The van der Waals surface area contributed by atoms with Crippen LogP contribution in [0.3, 0.4) is 0 Å². The maximum atomic E-state index is 14.8. The van der Waals surface area contributed by atoms with Crippen molar-refractivity contribution in [2.75, 3.05) is 44.2 Å². The highest BCUT2D eigenvalue weighted by Gasteiger charge is 2.68. The number of phenolic OH excluding ortho intramolecular Hbond substituents is 1. The van der Waals surface area contributed by atoms with Crippen molar-refractivity contribution in [3.63, 3.8) is 0 Å². The normalized spacial score (nSPS) is 26.6. The first-order chi connectivity index (χ1) is 21.9. The third-order valence-electron chi connectivity index (χ3n) is 10.7. The zero-order chi connectivity index (χ0) is 30.5. The Morgan fingerprint density at radius 3 is 2.87 bits per heavy atom. The molecular weight excluding hydrogens is 593 g/mol. The number of fused-ring (bicyclic) bond motifs is 4. The zero-order valence-electron chi connectivity index (χ0n) is 24.8. The van der Waals surface area contributed by atoms with Gasteiger partial charge in [0.2, 0.25) is 0 Å². The minimum Gasteiger partial charge on any atom is -0.508 e. The highest BCUT2D eigenvalue weighted by atomic mass is 35.5. The van der Waals surface area contributed by atoms with Crippen molar-refractivity contribution in [3.8, 4) is 41.0 Å². The smallest absolute Gasteiger partial charge is 0.319 e. The number of piperazine rings is 1. The lowest BCUT2D eigenvalue weighted by Gasteiger charge is -2.40. The molecule has 1 aliphatic carbocycles. The van der Waals surface area contributed by atoms with Gasteiger partial charge in [-0.3, -0.25) is 4.90 Å². The predicted octanol–water partition coefficient (Wildman–Crippen LogP) is 5.45. The van der Waals surface area contributed by atoms with Gasteiger partial charge in [0.25, 0.3) is 0 Å². The molecule has 2 N–H and O–H groups in total. The van der Waals surface area contributed by atoms with E-state index in [1.165, 1.54) is 0 Å². The van der Waals surface area contributed by atoms with E-state index in [1.807, 2.05) is 24.3 Å². The topological polar surface area (TPSA) is 83.0 Å². The number of phenols is 1. The number of nitrogens with zero attached hydrogens (tertiary/aromatic N) is 4. The minimum atomic E-state index is -0.843. The molecule has 1 saturated carbocycles. The summed E-state index contributed by atoms with van der Waals surface area (Å²) in [6, 6.07) is 11.3. The number of hydrogen-bond donors (Lipinski definition) is 2. The largest absolute Gasteiger partial charge is 0.508 e. The summed E-state index contributed by atoms with van der Waals surface area (Å²) in [5, 5.41) is 17.0. The number of ether oxygens (including phenoxy) is 2. The van der Waals surface area contributed by atoms with Crippen LogP contribution >= 0.6 is 11.6 Å². The molecular formula is C35H33ClFN5O3. The third-order valence-corrected chi connectivity index (χ3v) is 11.1. The molecule has 9 rings (SSSR count). The Hall–Kier alpha value is -3.84. The van der Waals surface area contributed by atoms with E-state index in [4.69, 9.17) is 37.5 Å². The quantitative estimate of drug-likeness (QED) is 0.290. The van der Waals surface area contributed by atoms with Gasteiger partial charge < -0.3 is 24.8 Å². The Morgan fingerprint density at radius 2 is 2.02 bits per heavy atom. The van der Waals surface area contributed by atoms with Gasteiger partial charge in [0.05, 0.1) is 27.5 Å². The number of nitrogens with one attached hydrogen (secondary N) is 1. The molecule has 3 aromatic carbocycles. The highest BCUT2D eigenvalue weighted by Crippen LogP contribution is 2.59. The van der Waals surface area contributed by atoms with E-state index in [0.717, 1.165) is 73.8 Å². The van der Waals surface area contributed by atoms with Crippen LogP contribution < -0.4 is 19.7 Å². The Balaban J connectivity index is 1.26. The number of terminal acetylenes is 1. The molecule has 230 valence electrons. The number of aromatic hydroxyl groups is 1. The molecule has 3 atom stereocenters. The van der Waals surface area contributed by atoms with E-state index in [-0.39, 0.29) is 17.3 Å². The van der Waals surface area contributed by atoms with E-state index in [2.05, 4.69) is 21.0 Å². The van der Waals surface area contributed by atoms with Crippen LogP contribution in [0.15, 0.2) is 36.4 Å². The third kappa shape index (κ3) is 3.98. The zero-order valence-corrected chi connectivity index (χ0v) is 25.5. The summed E-state index contributed by atoms with van der Waals surface area (Å²) in [4.78, 5) is 14.7. The van der Waals surface area contributed by atoms with E-state index >= 15 is 0 Å². The van der Waals surface area contributed by atoms with E-state index in [9.17, 15) is 9.50 Å². The van der Waals surface area contributed by atoms with Crippen LogP contribution in [0.1, 0.15) is 37.7 Å². The Kier molecular flexibility index (Phi) is 6.00. The predicted molar refractivity (Wildman–Crippen MR) is 172 cm³/mol. The van der Waals surface area contributed by atoms with Crippen molar-refractivity contribution in [2.24, 2.45) is 0 Å². The van der Waals surface area contributed by atoms with Crippen LogP contribution in [0, 0.1) is 12.3 Å². The van der Waals surface area contributed by atoms with Gasteiger partial charge in [-0.15, -0.1) is 6.42 Å². The fourth-order valence-electron chi connectivity index (χ4n) is 8.65. The van der Waals surface area contributed by atoms with Crippen LogP contribution in [0.5, 0.6) is 17.5 Å². The van der Waals surface area contributed by atoms with E-state index in [1.54, 1.807) is 12.1 Å². The molecule has 0 amide bonds. The lowest BCUT2D eigenvalue weighted by atomic mass is 9.85. The first-order valence-corrected chi connectivity index (χ1v) is 16.2. The van der Waals surface area contributed by atoms with Gasteiger partial charge in [-0.05, 0) is 67.4 Å². The number of benzene rings is 3. The van der Waals surface area contributed by atoms with E-state index < -0.39 is 11.8 Å². The molecule has 3 unspecified atom stereocenters. The molecule has 45 heavy (non-hydrogen) atoms. The van der Waals surface area contributed by atoms with Crippen molar-refractivity contribution in [2.45, 2.75) is 55.5 Å². The molecule has 4 fully saturated rings. The summed E-state index contributed by atoms with van der Waals surface area (Å²) >= 11 is 7.24. The Bertz CT molecular complexity index is 1940. The first kappa shape index (κ1) is 27.5. The fourth-order valence-corrected chi connectivity index (χ4v) is 8.96. The van der Waals surface area contributed by atoms with Crippen molar-refractivity contribution in [1.29, 1.82) is 0 Å². The van der Waals surface area contributed by atoms with Crippen LogP contribution in [0.2, 0.25) is 5.02 Å². The highest BCUT2D eigenvalue weighted by molar-refractivity contribution is 6.37. The van der Waals surface area contributed by atoms with Gasteiger partial charge in [-0.2, -0.15) is 9.97 Å². The van der Waals surface area contributed by atoms with Crippen LogP contribution in [-0.2, 0) is 0 Å². The number of halogens is 2. The van der Waals surface area contributed by atoms with Crippen molar-refractivity contribution in [3.05, 3.63) is 47.0 Å². The first-order valence-electron chi connectivity index (χ1n) is 15.8. The summed E-state index contributed by atoms with van der Waals surface area (Å²) in [5.74, 6) is 4.14. The molecule has 8 nitrogen and oxygen atoms in total. The molecule has 5 aliphatic rings. The average Bonchev–Trinajstić information content (AvgIpc) is 3.64. The Morgan fingerprint density at radius 1 is 1.13 bits per heavy atom. The van der Waals surface area contributed by atoms with Crippen LogP contribution in [0.25, 0.3) is 32.8 Å². The van der Waals surface area contributed by atoms with Gasteiger partial charge in [-0.1, -0.05) is 29.7 Å². The number of rotatable bonds is 4. The second-order valence-corrected chi connectivity index (χ2v) is 13.6. The van der Waals surface area contributed by atoms with Crippen LogP contribution in [0.4, 0.5) is 10.2 Å². The average molecular weight is 626 g/mol. The number of alkyl halides is 1. The van der Waals surface area contributed by atoms with Gasteiger partial charge in [0, 0.05) is 49.1 Å². The molecule has 1 aromatic heterocycles. The lowest BCUT2D eigenvalue weighted by Crippen LogP contribution is -2.54. The monoisotopic (exact) mass is 625 g/mol. The fraction of sp³-hybridized carbons (Fsp3) is 0.429. The van der Waals surface area contributed by atoms with Gasteiger partial charge in [0.1, 0.15) is 29.9 Å². The summed E-state index contributed by atoms with van der Waals surface area (Å²) in [5.41, 5.74) is 1.84. The molecule has 0 spiro atoms. The lowest BCUT2D eigenvalue weighted by molar-refractivity contribution is 0.00766. The summed E-state index contributed by atoms with van der Waals surface area (Å²) in [6.07, 6.45) is 9.27. The van der Waals surface area contributed by atoms with Crippen LogP contribution in [-0.4, -0.2) is 82.7 Å². The molecule has 4 aromatic rings. The molecule has 3 saturated heterocycles. The second-order valence-electron chi connectivity index (χ2n) is 13.2. The molecule has 5 heterocycles. The van der Waals surface area contributed by atoms with E-state index in [0.29, 0.717) is 58.6 Å². The summed E-state index contributed by atoms with van der Waals surface area (Å²) < 4.78 is 28.2. The number of anilines is 1. The summed E-state index contributed by atoms with van der Waals surface area (Å²) in [6.45, 7) is 4.07. The minimum absolute atomic E-state index is 0.0344. The van der Waals surface area contributed by atoms with Gasteiger partial charge in [-0.25, -0.2) is 4.39 Å². The maximum Gasteiger partial charge on any atom is 0.319 e. The van der Waals surface area contributed by atoms with Crippen molar-refractivity contribution >= 4 is 39.1 Å². The summed E-state index contributed by atoms with van der Waals surface area (Å²) in [7, 11) is 0. The van der Waals surface area contributed by atoms with Crippen molar-refractivity contribution < 1.29 is 19.0 Å². The molecule has 0 radical (unpaired) electrons. The molecule has 4 aliphatic heterocycles. The van der Waals surface area contributed by atoms with Gasteiger partial charge in [0.15, 0.2) is 5.75 Å². The second kappa shape index (κ2) is 9.83. The molecule has 10 heteroatoms. The van der Waals surface area contributed by atoms with Crippen molar-refractivity contribution in [1.82, 2.24) is 20.2 Å². The molecule has 0 bridgehead atoms. The Labute approximate surface area is 265 Å². The maximum absolute atomic E-state index is 14.8. The number of hydrogen-bond acceptors (Lipinski definition) is 8. The standard InChI is InChI=1S/C35H33ClFN5O3/c1-2-20-5-3-6-21-13-24(43)14-25(28(20)21)26-15-27-29-31(30(26)36)44-19-23-17-38-10-12-42(23)32(29)40-33(39-27)45-35(8-9-35)34-7-4-11-41(34)18-22(37)16-34/h1,3,5-6,13-15,22-23,38,43H,4,7-12,16-19H2. The SMILES string of the molecule is C#Cc1cccc2cc(O)cc(-c3cc4nc(OC5(C67CCCN6CC(F)C7)CC5)nc5c4c(c3Cl)OCC3CNCCN53)c12.